The Morgan fingerprint density at radius 3 is 2.65 bits per heavy atom. The zero-order valence-corrected chi connectivity index (χ0v) is 11.4. The molecule has 0 bridgehead atoms. The molecule has 2 N–H and O–H groups in total. The molecule has 2 aromatic rings. The maximum Gasteiger partial charge on any atom is 0.123 e. The van der Waals surface area contributed by atoms with E-state index < -0.39 is 5.60 Å². The largest absolute Gasteiger partial charge is 0.388 e. The van der Waals surface area contributed by atoms with Gasteiger partial charge in [0.1, 0.15) is 5.82 Å². The zero-order chi connectivity index (χ0) is 14.2. The SMILES string of the molecule is CC(O)(Cc1ccc(F)cc1)C1NCc2ccccc21. The van der Waals surface area contributed by atoms with Crippen molar-refractivity contribution in [3.05, 3.63) is 71.0 Å². The topological polar surface area (TPSA) is 32.3 Å². The first-order valence-electron chi connectivity index (χ1n) is 6.84. The molecule has 0 aliphatic carbocycles. The van der Waals surface area contributed by atoms with E-state index in [0.29, 0.717) is 6.42 Å². The molecule has 2 atom stereocenters. The van der Waals surface area contributed by atoms with Gasteiger partial charge in [0.25, 0.3) is 0 Å². The van der Waals surface area contributed by atoms with E-state index in [0.717, 1.165) is 17.7 Å². The molecule has 2 unspecified atom stereocenters. The molecule has 3 heteroatoms. The summed E-state index contributed by atoms with van der Waals surface area (Å²) in [5.74, 6) is -0.252. The molecule has 0 saturated heterocycles. The van der Waals surface area contributed by atoms with Crippen LogP contribution in [0.5, 0.6) is 0 Å². The van der Waals surface area contributed by atoms with E-state index in [-0.39, 0.29) is 11.9 Å². The molecule has 2 nitrogen and oxygen atoms in total. The number of aliphatic hydroxyl groups is 1. The maximum atomic E-state index is 12.9. The first-order chi connectivity index (χ1) is 9.56. The highest BCUT2D eigenvalue weighted by atomic mass is 19.1. The molecule has 0 saturated carbocycles. The van der Waals surface area contributed by atoms with Crippen LogP contribution in [0, 0.1) is 5.82 Å². The van der Waals surface area contributed by atoms with Crippen LogP contribution in [0.25, 0.3) is 0 Å². The lowest BCUT2D eigenvalue weighted by molar-refractivity contribution is 0.0223. The van der Waals surface area contributed by atoms with Crippen LogP contribution in [-0.4, -0.2) is 10.7 Å². The maximum absolute atomic E-state index is 12.9. The molecular weight excluding hydrogens is 253 g/mol. The summed E-state index contributed by atoms with van der Waals surface area (Å²) in [7, 11) is 0. The average Bonchev–Trinajstić information content (AvgIpc) is 2.86. The Morgan fingerprint density at radius 1 is 1.20 bits per heavy atom. The second-order valence-corrected chi connectivity index (χ2v) is 5.67. The smallest absolute Gasteiger partial charge is 0.123 e. The van der Waals surface area contributed by atoms with Crippen molar-refractivity contribution < 1.29 is 9.50 Å². The van der Waals surface area contributed by atoms with Crippen LogP contribution in [0.2, 0.25) is 0 Å². The van der Waals surface area contributed by atoms with E-state index in [1.807, 2.05) is 19.1 Å². The zero-order valence-electron chi connectivity index (χ0n) is 11.4. The molecule has 3 rings (SSSR count). The summed E-state index contributed by atoms with van der Waals surface area (Å²) in [4.78, 5) is 0. The molecule has 0 spiro atoms. The highest BCUT2D eigenvalue weighted by Gasteiger charge is 2.37. The van der Waals surface area contributed by atoms with Gasteiger partial charge in [-0.1, -0.05) is 36.4 Å². The van der Waals surface area contributed by atoms with Crippen LogP contribution in [0.4, 0.5) is 4.39 Å². The van der Waals surface area contributed by atoms with Crippen molar-refractivity contribution in [1.82, 2.24) is 5.32 Å². The van der Waals surface area contributed by atoms with Gasteiger partial charge in [0.2, 0.25) is 0 Å². The average molecular weight is 271 g/mol. The minimum atomic E-state index is -0.912. The molecule has 104 valence electrons. The molecule has 1 aliphatic heterocycles. The molecule has 0 fully saturated rings. The molecule has 20 heavy (non-hydrogen) atoms. The minimum absolute atomic E-state index is 0.0937. The Labute approximate surface area is 118 Å². The standard InChI is InChI=1S/C17H18FNO/c1-17(20,10-12-6-8-14(18)9-7-12)16-15-5-3-2-4-13(15)11-19-16/h2-9,16,19-20H,10-11H2,1H3. The van der Waals surface area contributed by atoms with Gasteiger partial charge < -0.3 is 10.4 Å². The first-order valence-corrected chi connectivity index (χ1v) is 6.84. The van der Waals surface area contributed by atoms with E-state index >= 15 is 0 Å². The van der Waals surface area contributed by atoms with Crippen LogP contribution in [0.3, 0.4) is 0 Å². The fourth-order valence-electron chi connectivity index (χ4n) is 2.97. The second-order valence-electron chi connectivity index (χ2n) is 5.67. The highest BCUT2D eigenvalue weighted by Crippen LogP contribution is 2.35. The van der Waals surface area contributed by atoms with Crippen molar-refractivity contribution in [2.24, 2.45) is 0 Å². The van der Waals surface area contributed by atoms with Gasteiger partial charge in [-0.05, 0) is 35.7 Å². The van der Waals surface area contributed by atoms with Crippen molar-refractivity contribution in [2.75, 3.05) is 0 Å². The molecule has 0 radical (unpaired) electrons. The van der Waals surface area contributed by atoms with Crippen molar-refractivity contribution in [1.29, 1.82) is 0 Å². The van der Waals surface area contributed by atoms with Gasteiger partial charge in [-0.3, -0.25) is 0 Å². The monoisotopic (exact) mass is 271 g/mol. The lowest BCUT2D eigenvalue weighted by atomic mass is 9.85. The van der Waals surface area contributed by atoms with Gasteiger partial charge >= 0.3 is 0 Å². The third-order valence-electron chi connectivity index (χ3n) is 3.96. The number of halogens is 1. The number of fused-ring (bicyclic) bond motifs is 1. The summed E-state index contributed by atoms with van der Waals surface area (Å²) in [6.45, 7) is 2.61. The van der Waals surface area contributed by atoms with E-state index in [1.54, 1.807) is 12.1 Å². The van der Waals surface area contributed by atoms with Crippen LogP contribution in [0.1, 0.15) is 29.7 Å². The predicted octanol–water partition coefficient (Wildman–Crippen LogP) is 2.96. The lowest BCUT2D eigenvalue weighted by Crippen LogP contribution is -2.40. The Morgan fingerprint density at radius 2 is 1.90 bits per heavy atom. The van der Waals surface area contributed by atoms with Gasteiger partial charge in [-0.2, -0.15) is 0 Å². The number of benzene rings is 2. The summed E-state index contributed by atoms with van der Waals surface area (Å²) in [5.41, 5.74) is 2.41. The summed E-state index contributed by atoms with van der Waals surface area (Å²) < 4.78 is 12.9. The fourth-order valence-corrected chi connectivity index (χ4v) is 2.97. The van der Waals surface area contributed by atoms with Crippen LogP contribution in [0.15, 0.2) is 48.5 Å². The summed E-state index contributed by atoms with van der Waals surface area (Å²) in [6.07, 6.45) is 0.485. The minimum Gasteiger partial charge on any atom is -0.388 e. The molecular formula is C17H18FNO. The molecule has 1 heterocycles. The van der Waals surface area contributed by atoms with Gasteiger partial charge in [-0.25, -0.2) is 4.39 Å². The first kappa shape index (κ1) is 13.3. The fraction of sp³-hybridized carbons (Fsp3) is 0.294. The van der Waals surface area contributed by atoms with Crippen LogP contribution in [-0.2, 0) is 13.0 Å². The summed E-state index contributed by atoms with van der Waals surface area (Å²) in [6, 6.07) is 14.4. The Balaban J connectivity index is 1.84. The van der Waals surface area contributed by atoms with Crippen molar-refractivity contribution in [3.63, 3.8) is 0 Å². The van der Waals surface area contributed by atoms with E-state index in [1.165, 1.54) is 17.7 Å². The van der Waals surface area contributed by atoms with Crippen molar-refractivity contribution in [3.8, 4) is 0 Å². The van der Waals surface area contributed by atoms with Crippen molar-refractivity contribution in [2.45, 2.75) is 31.5 Å². The molecule has 2 aromatic carbocycles. The van der Waals surface area contributed by atoms with E-state index in [2.05, 4.69) is 17.4 Å². The normalized spacial score (nSPS) is 20.4. The van der Waals surface area contributed by atoms with Gasteiger partial charge in [-0.15, -0.1) is 0 Å². The number of nitrogens with one attached hydrogen (secondary N) is 1. The second kappa shape index (κ2) is 5.00. The Bertz CT molecular complexity index is 607. The van der Waals surface area contributed by atoms with E-state index in [4.69, 9.17) is 0 Å². The Kier molecular flexibility index (Phi) is 3.32. The van der Waals surface area contributed by atoms with Crippen LogP contribution < -0.4 is 5.32 Å². The molecule has 1 aliphatic rings. The quantitative estimate of drug-likeness (QED) is 0.899. The van der Waals surface area contributed by atoms with E-state index in [9.17, 15) is 9.50 Å². The van der Waals surface area contributed by atoms with Crippen LogP contribution >= 0.6 is 0 Å². The Hall–Kier alpha value is -1.71. The molecule has 0 aromatic heterocycles. The predicted molar refractivity (Wildman–Crippen MR) is 76.8 cm³/mol. The number of rotatable bonds is 3. The van der Waals surface area contributed by atoms with Gasteiger partial charge in [0.15, 0.2) is 0 Å². The lowest BCUT2D eigenvalue weighted by Gasteiger charge is -2.31. The third kappa shape index (κ3) is 2.47. The van der Waals surface area contributed by atoms with Gasteiger partial charge in [0, 0.05) is 13.0 Å². The highest BCUT2D eigenvalue weighted by molar-refractivity contribution is 5.36. The third-order valence-corrected chi connectivity index (χ3v) is 3.96. The summed E-state index contributed by atoms with van der Waals surface area (Å²) >= 11 is 0. The van der Waals surface area contributed by atoms with Gasteiger partial charge in [0.05, 0.1) is 11.6 Å². The molecule has 0 amide bonds. The number of hydrogen-bond acceptors (Lipinski definition) is 2. The van der Waals surface area contributed by atoms with Crippen molar-refractivity contribution >= 4 is 0 Å². The summed E-state index contributed by atoms with van der Waals surface area (Å²) in [5, 5.41) is 14.2. The number of hydrogen-bond donors (Lipinski definition) is 2.